The number of carbonyl (C=O) groups is 3. The van der Waals surface area contributed by atoms with Gasteiger partial charge in [-0.05, 0) is 33.5 Å². The zero-order valence-corrected chi connectivity index (χ0v) is 17.7. The number of benzene rings is 1. The lowest BCUT2D eigenvalue weighted by molar-refractivity contribution is -0.160. The number of aliphatic hydroxyl groups excluding tert-OH is 3. The number of aromatic hydroxyl groups is 1. The number of hydrogen-bond donors (Lipinski definition) is 7. The lowest BCUT2D eigenvalue weighted by atomic mass is 9.55. The second-order valence-corrected chi connectivity index (χ2v) is 8.92. The first-order valence-corrected chi connectivity index (χ1v) is 10.1. The third kappa shape index (κ3) is 2.47. The molecule has 5 unspecified atom stereocenters. The summed E-state index contributed by atoms with van der Waals surface area (Å²) in [5, 5.41) is 54.2. The fourth-order valence-corrected chi connectivity index (χ4v) is 5.48. The van der Waals surface area contributed by atoms with Gasteiger partial charge in [-0.3, -0.25) is 14.4 Å². The molecule has 10 nitrogen and oxygen atoms in total. The summed E-state index contributed by atoms with van der Waals surface area (Å²) < 4.78 is 0.333. The summed E-state index contributed by atoms with van der Waals surface area (Å²) in [6.45, 7) is 1.63. The van der Waals surface area contributed by atoms with E-state index in [1.165, 1.54) is 6.07 Å². The number of nitrogens with two attached hydrogens (primary N) is 2. The molecule has 0 bridgehead atoms. The maximum absolute atomic E-state index is 13.4. The van der Waals surface area contributed by atoms with Crippen LogP contribution in [0.3, 0.4) is 0 Å². The maximum atomic E-state index is 13.4. The van der Waals surface area contributed by atoms with E-state index in [0.29, 0.717) is 10.0 Å². The highest BCUT2D eigenvalue weighted by molar-refractivity contribution is 9.10. The summed E-state index contributed by atoms with van der Waals surface area (Å²) in [7, 11) is 0. The number of primary amides is 1. The smallest absolute Gasteiger partial charge is 0.255 e. The first-order chi connectivity index (χ1) is 14.3. The van der Waals surface area contributed by atoms with Crippen molar-refractivity contribution in [1.82, 2.24) is 0 Å². The van der Waals surface area contributed by atoms with E-state index in [-0.39, 0.29) is 11.3 Å². The van der Waals surface area contributed by atoms with Gasteiger partial charge in [0.1, 0.15) is 17.1 Å². The molecule has 4 rings (SSSR count). The van der Waals surface area contributed by atoms with Crippen LogP contribution < -0.4 is 11.5 Å². The highest BCUT2D eigenvalue weighted by Gasteiger charge is 2.64. The number of ketones is 2. The minimum atomic E-state index is -2.86. The van der Waals surface area contributed by atoms with Crippen LogP contribution in [0, 0.1) is 11.8 Å². The van der Waals surface area contributed by atoms with Gasteiger partial charge in [0, 0.05) is 28.3 Å². The molecule has 31 heavy (non-hydrogen) atoms. The lowest BCUT2D eigenvalue weighted by Gasteiger charge is -2.50. The van der Waals surface area contributed by atoms with Crippen molar-refractivity contribution in [1.29, 1.82) is 0 Å². The molecule has 0 aliphatic heterocycles. The summed E-state index contributed by atoms with van der Waals surface area (Å²) in [6.07, 6.45) is -2.19. The Morgan fingerprint density at radius 1 is 1.26 bits per heavy atom. The van der Waals surface area contributed by atoms with E-state index < -0.39 is 81.8 Å². The van der Waals surface area contributed by atoms with Crippen molar-refractivity contribution in [2.45, 2.75) is 31.0 Å². The Balaban J connectivity index is 2.04. The van der Waals surface area contributed by atoms with Crippen molar-refractivity contribution >= 4 is 44.9 Å². The summed E-state index contributed by atoms with van der Waals surface area (Å²) >= 11 is 3.21. The second kappa shape index (κ2) is 6.55. The van der Waals surface area contributed by atoms with Gasteiger partial charge in [-0.2, -0.15) is 0 Å². The average molecular weight is 495 g/mol. The predicted octanol–water partition coefficient (Wildman–Crippen LogP) is 0.300. The van der Waals surface area contributed by atoms with Crippen LogP contribution in [0.2, 0.25) is 0 Å². The van der Waals surface area contributed by atoms with E-state index in [9.17, 15) is 39.9 Å². The van der Waals surface area contributed by atoms with Crippen molar-refractivity contribution in [3.8, 4) is 5.75 Å². The van der Waals surface area contributed by atoms with Gasteiger partial charge in [0.25, 0.3) is 5.91 Å². The first kappa shape index (κ1) is 21.3. The van der Waals surface area contributed by atoms with Crippen LogP contribution in [0.1, 0.15) is 30.4 Å². The highest BCUT2D eigenvalue weighted by Crippen LogP contribution is 2.56. The fraction of sp³-hybridized carbons (Fsp3) is 0.350. The number of rotatable bonds is 1. The molecule has 1 saturated carbocycles. The zero-order chi connectivity index (χ0) is 23.2. The van der Waals surface area contributed by atoms with Crippen molar-refractivity contribution in [2.75, 3.05) is 5.73 Å². The summed E-state index contributed by atoms with van der Waals surface area (Å²) in [5.41, 5.74) is 6.84. The zero-order valence-electron chi connectivity index (χ0n) is 16.1. The van der Waals surface area contributed by atoms with Gasteiger partial charge in [0.2, 0.25) is 5.78 Å². The SMILES string of the molecule is CC1c2cc(Br)c(N)c(O)c2C(O)=C2C(=O)C3(O)C(O)=C(C(N)=O)C(=O)CC3C(O)C21. The Morgan fingerprint density at radius 3 is 2.45 bits per heavy atom. The van der Waals surface area contributed by atoms with E-state index in [0.717, 1.165) is 0 Å². The molecule has 9 N–H and O–H groups in total. The van der Waals surface area contributed by atoms with Crippen LogP contribution in [-0.4, -0.2) is 54.7 Å². The summed E-state index contributed by atoms with van der Waals surface area (Å²) in [5.74, 6) is -9.17. The Hall–Kier alpha value is -2.89. The number of phenols is 1. The van der Waals surface area contributed by atoms with Gasteiger partial charge in [-0.25, -0.2) is 0 Å². The topological polar surface area (TPSA) is 204 Å². The van der Waals surface area contributed by atoms with Crippen LogP contribution in [0.15, 0.2) is 27.4 Å². The number of hydrogen-bond acceptors (Lipinski definition) is 9. The number of carbonyl (C=O) groups excluding carboxylic acids is 3. The van der Waals surface area contributed by atoms with Crippen LogP contribution in [-0.2, 0) is 14.4 Å². The Bertz CT molecular complexity index is 1160. The highest BCUT2D eigenvalue weighted by atomic mass is 79.9. The number of halogens is 1. The van der Waals surface area contributed by atoms with E-state index in [1.54, 1.807) is 6.92 Å². The number of phenolic OH excluding ortho intramolecular Hbond substituents is 1. The Kier molecular flexibility index (Phi) is 4.51. The van der Waals surface area contributed by atoms with Crippen molar-refractivity contribution in [3.05, 3.63) is 38.6 Å². The molecule has 1 amide bonds. The summed E-state index contributed by atoms with van der Waals surface area (Å²) in [4.78, 5) is 37.4. The second-order valence-electron chi connectivity index (χ2n) is 8.07. The molecule has 1 aromatic rings. The Labute approximate surface area is 183 Å². The maximum Gasteiger partial charge on any atom is 0.255 e. The Morgan fingerprint density at radius 2 is 1.87 bits per heavy atom. The fourth-order valence-electron chi connectivity index (χ4n) is 5.04. The van der Waals surface area contributed by atoms with Crippen molar-refractivity contribution in [3.63, 3.8) is 0 Å². The number of aliphatic hydroxyl groups is 4. The van der Waals surface area contributed by atoms with E-state index in [4.69, 9.17) is 11.5 Å². The quantitative estimate of drug-likeness (QED) is 0.162. The van der Waals surface area contributed by atoms with Crippen molar-refractivity contribution in [2.24, 2.45) is 17.6 Å². The number of anilines is 1. The lowest BCUT2D eigenvalue weighted by Crippen LogP contribution is -2.63. The minimum absolute atomic E-state index is 0.0982. The third-order valence-electron chi connectivity index (χ3n) is 6.61. The molecule has 1 aromatic carbocycles. The molecular formula is C20H19BrN2O8. The molecule has 0 saturated heterocycles. The van der Waals surface area contributed by atoms with Crippen molar-refractivity contribution < 1.29 is 39.9 Å². The minimum Gasteiger partial charge on any atom is -0.508 e. The molecule has 0 heterocycles. The predicted molar refractivity (Wildman–Crippen MR) is 110 cm³/mol. The van der Waals surface area contributed by atoms with Crippen LogP contribution >= 0.6 is 15.9 Å². The monoisotopic (exact) mass is 494 g/mol. The van der Waals surface area contributed by atoms with Crippen LogP contribution in [0.25, 0.3) is 5.76 Å². The molecule has 1 fully saturated rings. The van der Waals surface area contributed by atoms with E-state index in [1.807, 2.05) is 0 Å². The number of fused-ring (bicyclic) bond motifs is 3. The number of Topliss-reactive ketones (excluding diaryl/α,β-unsaturated/α-hetero) is 2. The normalized spacial score (nSPS) is 32.5. The molecule has 3 aliphatic carbocycles. The molecule has 5 atom stereocenters. The molecule has 0 spiro atoms. The third-order valence-corrected chi connectivity index (χ3v) is 7.27. The molecule has 3 aliphatic rings. The molecule has 164 valence electrons. The van der Waals surface area contributed by atoms with Gasteiger partial charge in [-0.15, -0.1) is 0 Å². The average Bonchev–Trinajstić information content (AvgIpc) is 2.69. The molecule has 11 heteroatoms. The van der Waals surface area contributed by atoms with E-state index >= 15 is 0 Å². The van der Waals surface area contributed by atoms with Gasteiger partial charge in [0.15, 0.2) is 17.1 Å². The molecule has 0 radical (unpaired) electrons. The summed E-state index contributed by atoms with van der Waals surface area (Å²) in [6, 6.07) is 1.54. The standard InChI is InChI=1S/C20H19BrN2O8/c1-4-5-2-7(21)13(22)16(27)10(5)15(26)12-9(4)14(25)6-3-8(24)11(19(23)30)17(28)20(6,31)18(12)29/h2,4,6,9,14,25-28,31H,3,22H2,1H3,(H2,23,30). The number of nitrogen functional groups attached to an aromatic ring is 1. The van der Waals surface area contributed by atoms with Gasteiger partial charge < -0.3 is 37.0 Å². The molecule has 0 aromatic heterocycles. The van der Waals surface area contributed by atoms with Crippen LogP contribution in [0.4, 0.5) is 5.69 Å². The van der Waals surface area contributed by atoms with Gasteiger partial charge in [0.05, 0.1) is 17.4 Å². The first-order valence-electron chi connectivity index (χ1n) is 9.31. The molecular weight excluding hydrogens is 476 g/mol. The van der Waals surface area contributed by atoms with Gasteiger partial charge in [-0.1, -0.05) is 6.92 Å². The van der Waals surface area contributed by atoms with Gasteiger partial charge >= 0.3 is 0 Å². The largest absolute Gasteiger partial charge is 0.508 e. The van der Waals surface area contributed by atoms with Crippen LogP contribution in [0.5, 0.6) is 5.75 Å². The van der Waals surface area contributed by atoms with E-state index in [2.05, 4.69) is 15.9 Å². The number of amides is 1.